The zero-order valence-corrected chi connectivity index (χ0v) is 19.7. The Balaban J connectivity index is 1.95. The van der Waals surface area contributed by atoms with Gasteiger partial charge in [0, 0.05) is 5.70 Å². The third kappa shape index (κ3) is 5.77. The van der Waals surface area contributed by atoms with E-state index in [0.29, 0.717) is 58.9 Å². The van der Waals surface area contributed by atoms with Gasteiger partial charge in [-0.05, 0) is 49.6 Å². The Labute approximate surface area is 194 Å². The van der Waals surface area contributed by atoms with E-state index in [4.69, 9.17) is 14.2 Å². The predicted molar refractivity (Wildman–Crippen MR) is 127 cm³/mol. The Morgan fingerprint density at radius 3 is 2.55 bits per heavy atom. The summed E-state index contributed by atoms with van der Waals surface area (Å²) in [6.07, 6.45) is 0. The van der Waals surface area contributed by atoms with Gasteiger partial charge in [-0.3, -0.25) is 4.79 Å². The van der Waals surface area contributed by atoms with Crippen molar-refractivity contribution in [2.75, 3.05) is 25.6 Å². The second-order valence-electron chi connectivity index (χ2n) is 8.07. The van der Waals surface area contributed by atoms with E-state index in [9.17, 15) is 9.59 Å². The number of anilines is 1. The van der Waals surface area contributed by atoms with Crippen LogP contribution in [0, 0.1) is 5.92 Å². The molecule has 0 spiro atoms. The van der Waals surface area contributed by atoms with Crippen LogP contribution in [0.25, 0.3) is 0 Å². The lowest BCUT2D eigenvalue weighted by Gasteiger charge is -2.29. The van der Waals surface area contributed by atoms with Crippen molar-refractivity contribution in [1.82, 2.24) is 10.6 Å². The lowest BCUT2D eigenvalue weighted by molar-refractivity contribution is -0.113. The summed E-state index contributed by atoms with van der Waals surface area (Å²) in [5, 5.41) is 8.43. The molecule has 1 aliphatic rings. The highest BCUT2D eigenvalue weighted by Crippen LogP contribution is 2.35. The number of allylic oxidation sites excluding steroid dienone is 1. The number of carbonyl (C=O) groups excluding carboxylic acids is 2. The first-order valence-electron chi connectivity index (χ1n) is 11.0. The number of hydrogen-bond donors (Lipinski definition) is 3. The van der Waals surface area contributed by atoms with E-state index >= 15 is 0 Å². The fraction of sp³-hybridized carbons (Fsp3) is 0.360. The number of nitrogens with one attached hydrogen (secondary N) is 3. The molecule has 0 aromatic heterocycles. The molecule has 2 aromatic rings. The summed E-state index contributed by atoms with van der Waals surface area (Å²) in [4.78, 5) is 25.6. The van der Waals surface area contributed by atoms with Gasteiger partial charge in [-0.15, -0.1) is 0 Å². The standard InChI is InChI=1S/C25H31N3O5/c1-6-32-21-13-17(11-12-20(21)33-14-15(2)3)23-22(16(4)26-25(30)28-23)24(29)27-18-9-7-8-10-19(18)31-5/h7-13,15,23H,6,14H2,1-5H3,(H,27,29)(H2,26,28,30)/t23-/m1/s1. The molecule has 0 radical (unpaired) electrons. The number of amides is 3. The van der Waals surface area contributed by atoms with Gasteiger partial charge >= 0.3 is 6.03 Å². The lowest BCUT2D eigenvalue weighted by Crippen LogP contribution is -2.46. The van der Waals surface area contributed by atoms with Crippen molar-refractivity contribution < 1.29 is 23.8 Å². The number of hydrogen-bond acceptors (Lipinski definition) is 5. The molecule has 8 heteroatoms. The highest BCUT2D eigenvalue weighted by atomic mass is 16.5. The maximum Gasteiger partial charge on any atom is 0.319 e. The van der Waals surface area contributed by atoms with E-state index in [0.717, 1.165) is 0 Å². The number of urea groups is 1. The van der Waals surface area contributed by atoms with Crippen LogP contribution in [0.15, 0.2) is 53.7 Å². The molecule has 1 atom stereocenters. The van der Waals surface area contributed by atoms with Gasteiger partial charge in [-0.1, -0.05) is 32.0 Å². The minimum absolute atomic E-state index is 0.354. The molecule has 3 N–H and O–H groups in total. The molecule has 1 aliphatic heterocycles. The first-order valence-corrected chi connectivity index (χ1v) is 11.0. The fourth-order valence-electron chi connectivity index (χ4n) is 3.53. The molecule has 0 unspecified atom stereocenters. The second-order valence-corrected chi connectivity index (χ2v) is 8.07. The molecule has 176 valence electrons. The zero-order chi connectivity index (χ0) is 24.0. The lowest BCUT2D eigenvalue weighted by atomic mass is 9.94. The monoisotopic (exact) mass is 453 g/mol. The number of para-hydroxylation sites is 2. The van der Waals surface area contributed by atoms with Gasteiger partial charge < -0.3 is 30.2 Å². The number of ether oxygens (including phenoxy) is 3. The second kappa shape index (κ2) is 10.8. The summed E-state index contributed by atoms with van der Waals surface area (Å²) < 4.78 is 17.0. The molecule has 3 rings (SSSR count). The summed E-state index contributed by atoms with van der Waals surface area (Å²) in [5.41, 5.74) is 2.09. The van der Waals surface area contributed by atoms with Crippen molar-refractivity contribution in [3.05, 3.63) is 59.3 Å². The first kappa shape index (κ1) is 24.0. The van der Waals surface area contributed by atoms with Crippen molar-refractivity contribution in [3.8, 4) is 17.2 Å². The molecule has 1 heterocycles. The van der Waals surface area contributed by atoms with Crippen LogP contribution < -0.4 is 30.2 Å². The Hall–Kier alpha value is -3.68. The van der Waals surface area contributed by atoms with E-state index in [1.165, 1.54) is 0 Å². The van der Waals surface area contributed by atoms with Crippen LogP contribution in [0.4, 0.5) is 10.5 Å². The SMILES string of the molecule is CCOc1cc([C@H]2NC(=O)NC(C)=C2C(=O)Nc2ccccc2OC)ccc1OCC(C)C. The summed E-state index contributed by atoms with van der Waals surface area (Å²) in [5.74, 6) is 1.73. The molecule has 0 fully saturated rings. The minimum atomic E-state index is -0.674. The van der Waals surface area contributed by atoms with Gasteiger partial charge in [0.15, 0.2) is 11.5 Å². The molecule has 2 aromatic carbocycles. The average molecular weight is 454 g/mol. The fourth-order valence-corrected chi connectivity index (χ4v) is 3.53. The van der Waals surface area contributed by atoms with E-state index < -0.39 is 6.04 Å². The van der Waals surface area contributed by atoms with Gasteiger partial charge in [-0.25, -0.2) is 4.79 Å². The number of rotatable bonds is 9. The Kier molecular flexibility index (Phi) is 7.82. The maximum absolute atomic E-state index is 13.3. The molecule has 3 amide bonds. The third-order valence-corrected chi connectivity index (χ3v) is 5.04. The van der Waals surface area contributed by atoms with Crippen molar-refractivity contribution in [2.45, 2.75) is 33.7 Å². The van der Waals surface area contributed by atoms with Crippen molar-refractivity contribution in [1.29, 1.82) is 0 Å². The maximum atomic E-state index is 13.3. The smallest absolute Gasteiger partial charge is 0.319 e. The topological polar surface area (TPSA) is 97.9 Å². The molecular weight excluding hydrogens is 422 g/mol. The summed E-state index contributed by atoms with van der Waals surface area (Å²) in [6.45, 7) is 8.73. The van der Waals surface area contributed by atoms with Crippen LogP contribution in [0.1, 0.15) is 39.3 Å². The van der Waals surface area contributed by atoms with Gasteiger partial charge in [0.2, 0.25) is 0 Å². The van der Waals surface area contributed by atoms with Crippen LogP contribution in [0.3, 0.4) is 0 Å². The molecular formula is C25H31N3O5. The van der Waals surface area contributed by atoms with E-state index in [2.05, 4.69) is 29.8 Å². The molecule has 0 bridgehead atoms. The number of carbonyl (C=O) groups is 2. The molecule has 33 heavy (non-hydrogen) atoms. The van der Waals surface area contributed by atoms with Crippen molar-refractivity contribution in [3.63, 3.8) is 0 Å². The van der Waals surface area contributed by atoms with Crippen molar-refractivity contribution >= 4 is 17.6 Å². The summed E-state index contributed by atoms with van der Waals surface area (Å²) in [6, 6.07) is 11.5. The van der Waals surface area contributed by atoms with Crippen LogP contribution in [0.5, 0.6) is 17.2 Å². The third-order valence-electron chi connectivity index (χ3n) is 5.04. The average Bonchev–Trinajstić information content (AvgIpc) is 2.78. The van der Waals surface area contributed by atoms with Gasteiger partial charge in [0.05, 0.1) is 37.6 Å². The molecule has 8 nitrogen and oxygen atoms in total. The van der Waals surface area contributed by atoms with E-state index in [1.807, 2.05) is 31.2 Å². The highest BCUT2D eigenvalue weighted by Gasteiger charge is 2.32. The van der Waals surface area contributed by atoms with Gasteiger partial charge in [0.25, 0.3) is 5.91 Å². The normalized spacial score (nSPS) is 15.6. The van der Waals surface area contributed by atoms with E-state index in [-0.39, 0.29) is 11.9 Å². The minimum Gasteiger partial charge on any atom is -0.495 e. The summed E-state index contributed by atoms with van der Waals surface area (Å²) in [7, 11) is 1.54. The zero-order valence-electron chi connectivity index (χ0n) is 19.7. The van der Waals surface area contributed by atoms with Crippen LogP contribution in [-0.4, -0.2) is 32.3 Å². The number of benzene rings is 2. The Morgan fingerprint density at radius 2 is 1.85 bits per heavy atom. The Bertz CT molecular complexity index is 1050. The van der Waals surface area contributed by atoms with Gasteiger partial charge in [0.1, 0.15) is 5.75 Å². The number of methoxy groups -OCH3 is 1. The summed E-state index contributed by atoms with van der Waals surface area (Å²) >= 11 is 0. The van der Waals surface area contributed by atoms with Crippen LogP contribution >= 0.6 is 0 Å². The van der Waals surface area contributed by atoms with Gasteiger partial charge in [-0.2, -0.15) is 0 Å². The largest absolute Gasteiger partial charge is 0.495 e. The molecule has 0 saturated carbocycles. The predicted octanol–water partition coefficient (Wildman–Crippen LogP) is 4.40. The highest BCUT2D eigenvalue weighted by molar-refractivity contribution is 6.07. The molecule has 0 aliphatic carbocycles. The van der Waals surface area contributed by atoms with E-state index in [1.54, 1.807) is 32.2 Å². The molecule has 0 saturated heterocycles. The Morgan fingerprint density at radius 1 is 1.09 bits per heavy atom. The van der Waals surface area contributed by atoms with Crippen molar-refractivity contribution in [2.24, 2.45) is 5.92 Å². The quantitative estimate of drug-likeness (QED) is 0.523. The first-order chi connectivity index (χ1) is 15.8. The van der Waals surface area contributed by atoms with Crippen LogP contribution in [-0.2, 0) is 4.79 Å². The van der Waals surface area contributed by atoms with Crippen LogP contribution in [0.2, 0.25) is 0 Å².